The van der Waals surface area contributed by atoms with Gasteiger partial charge in [0.2, 0.25) is 0 Å². The molecule has 0 aliphatic carbocycles. The Hall–Kier alpha value is -1.32. The van der Waals surface area contributed by atoms with Gasteiger partial charge in [-0.05, 0) is 51.3 Å². The van der Waals surface area contributed by atoms with Crippen LogP contribution in [-0.2, 0) is 0 Å². The molecule has 100 valence electrons. The molecular weight excluding hydrogens is 224 g/mol. The molecule has 0 amide bonds. The van der Waals surface area contributed by atoms with Gasteiger partial charge in [-0.15, -0.1) is 6.58 Å². The van der Waals surface area contributed by atoms with Crippen molar-refractivity contribution >= 4 is 0 Å². The van der Waals surface area contributed by atoms with Crippen molar-refractivity contribution in [3.8, 4) is 5.75 Å². The van der Waals surface area contributed by atoms with Crippen LogP contribution in [0.4, 0.5) is 0 Å². The Morgan fingerprint density at radius 1 is 1.44 bits per heavy atom. The number of hydrogen-bond donors (Lipinski definition) is 2. The zero-order valence-electron chi connectivity index (χ0n) is 11.6. The van der Waals surface area contributed by atoms with Gasteiger partial charge in [0.25, 0.3) is 0 Å². The van der Waals surface area contributed by atoms with E-state index in [9.17, 15) is 0 Å². The molecule has 0 aliphatic rings. The Balaban J connectivity index is 2.75. The smallest absolute Gasteiger partial charge is 0.120 e. The van der Waals surface area contributed by atoms with E-state index in [1.165, 1.54) is 5.57 Å². The molecule has 0 aliphatic heterocycles. The summed E-state index contributed by atoms with van der Waals surface area (Å²) in [6.45, 7) is 9.99. The van der Waals surface area contributed by atoms with Gasteiger partial charge in [0, 0.05) is 6.04 Å². The molecule has 0 saturated heterocycles. The van der Waals surface area contributed by atoms with Crippen LogP contribution in [0.25, 0.3) is 0 Å². The molecule has 1 unspecified atom stereocenters. The third-order valence-corrected chi connectivity index (χ3v) is 2.69. The average Bonchev–Trinajstić information content (AvgIpc) is 2.29. The van der Waals surface area contributed by atoms with E-state index in [4.69, 9.17) is 10.6 Å². The van der Waals surface area contributed by atoms with Crippen molar-refractivity contribution in [3.05, 3.63) is 42.0 Å². The van der Waals surface area contributed by atoms with Crippen molar-refractivity contribution in [1.29, 1.82) is 0 Å². The first-order valence-electron chi connectivity index (χ1n) is 6.40. The summed E-state index contributed by atoms with van der Waals surface area (Å²) in [5, 5.41) is 0. The van der Waals surface area contributed by atoms with E-state index in [0.29, 0.717) is 0 Å². The van der Waals surface area contributed by atoms with E-state index >= 15 is 0 Å². The molecule has 1 atom stereocenters. The van der Waals surface area contributed by atoms with E-state index in [1.54, 1.807) is 0 Å². The molecule has 1 aromatic carbocycles. The van der Waals surface area contributed by atoms with Gasteiger partial charge >= 0.3 is 0 Å². The third-order valence-electron chi connectivity index (χ3n) is 2.69. The molecule has 0 radical (unpaired) electrons. The first-order valence-corrected chi connectivity index (χ1v) is 6.40. The first kappa shape index (κ1) is 14.7. The maximum absolute atomic E-state index is 5.69. The van der Waals surface area contributed by atoms with Crippen LogP contribution in [0.3, 0.4) is 0 Å². The summed E-state index contributed by atoms with van der Waals surface area (Å²) in [4.78, 5) is 0. The second-order valence-electron chi connectivity index (χ2n) is 4.95. The Morgan fingerprint density at radius 2 is 2.17 bits per heavy atom. The van der Waals surface area contributed by atoms with Crippen LogP contribution in [0, 0.1) is 0 Å². The summed E-state index contributed by atoms with van der Waals surface area (Å²) in [5.41, 5.74) is 5.18. The Labute approximate surface area is 110 Å². The van der Waals surface area contributed by atoms with Crippen molar-refractivity contribution in [1.82, 2.24) is 5.43 Å². The molecule has 0 aromatic heterocycles. The minimum Gasteiger partial charge on any atom is -0.491 e. The fourth-order valence-electron chi connectivity index (χ4n) is 1.81. The monoisotopic (exact) mass is 248 g/mol. The van der Waals surface area contributed by atoms with Crippen LogP contribution >= 0.6 is 0 Å². The molecule has 0 spiro atoms. The number of ether oxygens (including phenoxy) is 1. The molecular formula is C15H24N2O. The van der Waals surface area contributed by atoms with E-state index in [1.807, 2.05) is 39.0 Å². The van der Waals surface area contributed by atoms with Crippen LogP contribution in [0.2, 0.25) is 0 Å². The van der Waals surface area contributed by atoms with Gasteiger partial charge in [-0.1, -0.05) is 17.7 Å². The fourth-order valence-corrected chi connectivity index (χ4v) is 1.81. The van der Waals surface area contributed by atoms with Crippen LogP contribution in [0.1, 0.15) is 45.2 Å². The molecule has 3 nitrogen and oxygen atoms in total. The summed E-state index contributed by atoms with van der Waals surface area (Å²) in [6.07, 6.45) is 2.08. The maximum Gasteiger partial charge on any atom is 0.120 e. The first-order chi connectivity index (χ1) is 8.52. The van der Waals surface area contributed by atoms with Gasteiger partial charge in [-0.2, -0.15) is 0 Å². The Kier molecular flexibility index (Phi) is 5.89. The SMILES string of the molecule is C=C(C)CCC(NN)c1cccc(OC(C)C)c1. The van der Waals surface area contributed by atoms with Gasteiger partial charge < -0.3 is 4.74 Å². The highest BCUT2D eigenvalue weighted by Crippen LogP contribution is 2.24. The van der Waals surface area contributed by atoms with Gasteiger partial charge in [-0.3, -0.25) is 11.3 Å². The number of nitrogens with two attached hydrogens (primary N) is 1. The van der Waals surface area contributed by atoms with Crippen molar-refractivity contribution in [2.24, 2.45) is 5.84 Å². The second kappa shape index (κ2) is 7.19. The summed E-state index contributed by atoms with van der Waals surface area (Å²) >= 11 is 0. The molecule has 0 fully saturated rings. The number of benzene rings is 1. The topological polar surface area (TPSA) is 47.3 Å². The van der Waals surface area contributed by atoms with E-state index in [-0.39, 0.29) is 12.1 Å². The number of allylic oxidation sites excluding steroid dienone is 1. The minimum absolute atomic E-state index is 0.136. The molecule has 3 N–H and O–H groups in total. The number of rotatable bonds is 7. The van der Waals surface area contributed by atoms with Crippen molar-refractivity contribution in [3.63, 3.8) is 0 Å². The summed E-state index contributed by atoms with van der Waals surface area (Å²) in [5.74, 6) is 6.51. The van der Waals surface area contributed by atoms with Gasteiger partial charge in [0.05, 0.1) is 6.10 Å². The highest BCUT2D eigenvalue weighted by Gasteiger charge is 2.10. The predicted octanol–water partition coefficient (Wildman–Crippen LogP) is 3.33. The highest BCUT2D eigenvalue weighted by molar-refractivity contribution is 5.30. The van der Waals surface area contributed by atoms with Crippen molar-refractivity contribution in [2.75, 3.05) is 0 Å². The standard InChI is InChI=1S/C15H24N2O/c1-11(2)8-9-15(17-16)13-6-5-7-14(10-13)18-12(3)4/h5-7,10,12,15,17H,1,8-9,16H2,2-4H3. The summed E-state index contributed by atoms with van der Waals surface area (Å²) < 4.78 is 5.69. The lowest BCUT2D eigenvalue weighted by Crippen LogP contribution is -2.28. The van der Waals surface area contributed by atoms with Crippen molar-refractivity contribution < 1.29 is 4.74 Å². The number of hydrogen-bond acceptors (Lipinski definition) is 3. The predicted molar refractivity (Wildman–Crippen MR) is 76.3 cm³/mol. The normalized spacial score (nSPS) is 12.5. The van der Waals surface area contributed by atoms with Crippen LogP contribution in [0.5, 0.6) is 5.75 Å². The number of hydrazine groups is 1. The van der Waals surface area contributed by atoms with Crippen LogP contribution in [0.15, 0.2) is 36.4 Å². The quantitative estimate of drug-likeness (QED) is 0.442. The summed E-state index contributed by atoms with van der Waals surface area (Å²) in [7, 11) is 0. The van der Waals surface area contributed by atoms with E-state index in [0.717, 1.165) is 24.2 Å². The number of nitrogens with one attached hydrogen (secondary N) is 1. The van der Waals surface area contributed by atoms with Crippen LogP contribution < -0.4 is 16.0 Å². The largest absolute Gasteiger partial charge is 0.491 e. The molecule has 0 bridgehead atoms. The molecule has 18 heavy (non-hydrogen) atoms. The van der Waals surface area contributed by atoms with Gasteiger partial charge in [-0.25, -0.2) is 0 Å². The molecule has 1 aromatic rings. The van der Waals surface area contributed by atoms with E-state index in [2.05, 4.69) is 18.1 Å². The minimum atomic E-state index is 0.136. The average molecular weight is 248 g/mol. The second-order valence-corrected chi connectivity index (χ2v) is 4.95. The van der Waals surface area contributed by atoms with Gasteiger partial charge in [0.15, 0.2) is 0 Å². The van der Waals surface area contributed by atoms with Gasteiger partial charge in [0.1, 0.15) is 5.75 Å². The zero-order valence-corrected chi connectivity index (χ0v) is 11.6. The summed E-state index contributed by atoms with van der Waals surface area (Å²) in [6, 6.07) is 8.21. The lowest BCUT2D eigenvalue weighted by atomic mass is 10.0. The highest BCUT2D eigenvalue weighted by atomic mass is 16.5. The Morgan fingerprint density at radius 3 is 2.72 bits per heavy atom. The molecule has 3 heteroatoms. The maximum atomic E-state index is 5.69. The molecule has 1 rings (SSSR count). The molecule has 0 saturated carbocycles. The lowest BCUT2D eigenvalue weighted by Gasteiger charge is -2.18. The van der Waals surface area contributed by atoms with E-state index < -0.39 is 0 Å². The molecule has 0 heterocycles. The third kappa shape index (κ3) is 4.90. The van der Waals surface area contributed by atoms with Crippen LogP contribution in [-0.4, -0.2) is 6.10 Å². The fraction of sp³-hybridized carbons (Fsp3) is 0.467. The zero-order chi connectivity index (χ0) is 13.5. The van der Waals surface area contributed by atoms with Crippen molar-refractivity contribution in [2.45, 2.75) is 45.8 Å². The Bertz CT molecular complexity index is 388. The lowest BCUT2D eigenvalue weighted by molar-refractivity contribution is 0.242.